The summed E-state index contributed by atoms with van der Waals surface area (Å²) in [7, 11) is 0. The van der Waals surface area contributed by atoms with Crippen molar-refractivity contribution in [2.75, 3.05) is 5.32 Å². The van der Waals surface area contributed by atoms with Crippen LogP contribution in [0.1, 0.15) is 19.8 Å². The van der Waals surface area contributed by atoms with E-state index in [9.17, 15) is 0 Å². The Morgan fingerprint density at radius 2 is 2.06 bits per heavy atom. The van der Waals surface area contributed by atoms with Crippen molar-refractivity contribution < 1.29 is 0 Å². The molecule has 0 radical (unpaired) electrons. The van der Waals surface area contributed by atoms with E-state index in [4.69, 9.17) is 11.6 Å². The quantitative estimate of drug-likeness (QED) is 0.844. The van der Waals surface area contributed by atoms with Crippen LogP contribution in [-0.4, -0.2) is 16.0 Å². The van der Waals surface area contributed by atoms with Gasteiger partial charge >= 0.3 is 0 Å². The number of fused-ring (bicyclic) bond motifs is 1. The SMILES string of the molecule is CC(Nc1nc(Cl)nc2ccccc12)C1CC1. The summed E-state index contributed by atoms with van der Waals surface area (Å²) in [6.07, 6.45) is 2.62. The van der Waals surface area contributed by atoms with E-state index >= 15 is 0 Å². The van der Waals surface area contributed by atoms with Gasteiger partial charge in [0.05, 0.1) is 5.52 Å². The molecule has 1 aliphatic carbocycles. The molecule has 4 heteroatoms. The topological polar surface area (TPSA) is 37.8 Å². The Balaban J connectivity index is 2.01. The van der Waals surface area contributed by atoms with Gasteiger partial charge < -0.3 is 5.32 Å². The molecule has 0 spiro atoms. The van der Waals surface area contributed by atoms with Crippen LogP contribution in [0.5, 0.6) is 0 Å². The third kappa shape index (κ3) is 2.20. The summed E-state index contributed by atoms with van der Waals surface area (Å²) in [5.41, 5.74) is 0.887. The first-order chi connectivity index (χ1) is 8.24. The number of nitrogens with zero attached hydrogens (tertiary/aromatic N) is 2. The van der Waals surface area contributed by atoms with Gasteiger partial charge in [-0.2, -0.15) is 0 Å². The van der Waals surface area contributed by atoms with Gasteiger partial charge in [-0.1, -0.05) is 12.1 Å². The molecular formula is C13H14ClN3. The molecule has 1 saturated carbocycles. The maximum atomic E-state index is 5.94. The Labute approximate surface area is 105 Å². The largest absolute Gasteiger partial charge is 0.367 e. The molecule has 3 rings (SSSR count). The van der Waals surface area contributed by atoms with Crippen molar-refractivity contribution in [3.8, 4) is 0 Å². The van der Waals surface area contributed by atoms with Crippen molar-refractivity contribution >= 4 is 28.3 Å². The molecule has 1 aliphatic rings. The third-order valence-electron chi connectivity index (χ3n) is 3.27. The van der Waals surface area contributed by atoms with Crippen molar-refractivity contribution in [2.24, 2.45) is 5.92 Å². The molecular weight excluding hydrogens is 234 g/mol. The minimum Gasteiger partial charge on any atom is -0.367 e. The van der Waals surface area contributed by atoms with Gasteiger partial charge in [-0.3, -0.25) is 0 Å². The second kappa shape index (κ2) is 4.15. The van der Waals surface area contributed by atoms with E-state index in [0.717, 1.165) is 22.6 Å². The van der Waals surface area contributed by atoms with E-state index < -0.39 is 0 Å². The van der Waals surface area contributed by atoms with Crippen LogP contribution in [0.25, 0.3) is 10.9 Å². The van der Waals surface area contributed by atoms with E-state index in [1.807, 2.05) is 24.3 Å². The van der Waals surface area contributed by atoms with E-state index in [-0.39, 0.29) is 0 Å². The molecule has 0 saturated heterocycles. The van der Waals surface area contributed by atoms with Gasteiger partial charge in [0, 0.05) is 11.4 Å². The van der Waals surface area contributed by atoms with Gasteiger partial charge in [-0.15, -0.1) is 0 Å². The van der Waals surface area contributed by atoms with Crippen molar-refractivity contribution in [2.45, 2.75) is 25.8 Å². The fourth-order valence-corrected chi connectivity index (χ4v) is 2.26. The molecule has 0 bridgehead atoms. The van der Waals surface area contributed by atoms with E-state index in [1.165, 1.54) is 12.8 Å². The molecule has 1 aromatic heterocycles. The monoisotopic (exact) mass is 247 g/mol. The third-order valence-corrected chi connectivity index (χ3v) is 3.44. The second-order valence-electron chi connectivity index (χ2n) is 4.63. The predicted molar refractivity (Wildman–Crippen MR) is 70.4 cm³/mol. The lowest BCUT2D eigenvalue weighted by atomic mass is 10.2. The van der Waals surface area contributed by atoms with Crippen LogP contribution < -0.4 is 5.32 Å². The Morgan fingerprint density at radius 3 is 2.82 bits per heavy atom. The molecule has 1 unspecified atom stereocenters. The first-order valence-electron chi connectivity index (χ1n) is 5.93. The highest BCUT2D eigenvalue weighted by Gasteiger charge is 2.28. The number of nitrogens with one attached hydrogen (secondary N) is 1. The normalized spacial score (nSPS) is 17.1. The summed E-state index contributed by atoms with van der Waals surface area (Å²) in [4.78, 5) is 8.51. The van der Waals surface area contributed by atoms with Crippen LogP contribution in [0.15, 0.2) is 24.3 Å². The van der Waals surface area contributed by atoms with E-state index in [2.05, 4.69) is 22.2 Å². The fraction of sp³-hybridized carbons (Fsp3) is 0.385. The minimum absolute atomic E-state index is 0.300. The summed E-state index contributed by atoms with van der Waals surface area (Å²) in [5.74, 6) is 1.63. The Bertz CT molecular complexity index is 551. The number of benzene rings is 1. The zero-order chi connectivity index (χ0) is 11.8. The van der Waals surface area contributed by atoms with Crippen LogP contribution >= 0.6 is 11.6 Å². The number of hydrogen-bond acceptors (Lipinski definition) is 3. The van der Waals surface area contributed by atoms with Crippen molar-refractivity contribution in [1.82, 2.24) is 9.97 Å². The number of para-hydroxylation sites is 1. The summed E-state index contributed by atoms with van der Waals surface area (Å²) in [5, 5.41) is 4.78. The maximum absolute atomic E-state index is 5.94. The highest BCUT2D eigenvalue weighted by Crippen LogP contribution is 2.34. The smallest absolute Gasteiger partial charge is 0.224 e. The molecule has 3 nitrogen and oxygen atoms in total. The highest BCUT2D eigenvalue weighted by atomic mass is 35.5. The van der Waals surface area contributed by atoms with Gasteiger partial charge in [-0.05, 0) is 49.4 Å². The molecule has 1 fully saturated rings. The zero-order valence-corrected chi connectivity index (χ0v) is 10.4. The van der Waals surface area contributed by atoms with Crippen LogP contribution in [0.4, 0.5) is 5.82 Å². The molecule has 1 atom stereocenters. The minimum atomic E-state index is 0.300. The van der Waals surface area contributed by atoms with Gasteiger partial charge in [0.2, 0.25) is 5.28 Å². The molecule has 0 amide bonds. The first kappa shape index (κ1) is 10.8. The average Bonchev–Trinajstić information content (AvgIpc) is 3.12. The zero-order valence-electron chi connectivity index (χ0n) is 9.65. The molecule has 1 heterocycles. The van der Waals surface area contributed by atoms with Crippen molar-refractivity contribution in [3.05, 3.63) is 29.5 Å². The molecule has 0 aliphatic heterocycles. The van der Waals surface area contributed by atoms with Crippen LogP contribution in [-0.2, 0) is 0 Å². The van der Waals surface area contributed by atoms with Crippen molar-refractivity contribution in [3.63, 3.8) is 0 Å². The van der Waals surface area contributed by atoms with Gasteiger partial charge in [0.1, 0.15) is 5.82 Å². The predicted octanol–water partition coefficient (Wildman–Crippen LogP) is 3.49. The molecule has 88 valence electrons. The summed E-state index contributed by atoms with van der Waals surface area (Å²) < 4.78 is 0. The van der Waals surface area contributed by atoms with Gasteiger partial charge in [0.15, 0.2) is 0 Å². The number of halogens is 1. The highest BCUT2D eigenvalue weighted by molar-refractivity contribution is 6.28. The lowest BCUT2D eigenvalue weighted by molar-refractivity contribution is 0.691. The Morgan fingerprint density at radius 1 is 1.29 bits per heavy atom. The van der Waals surface area contributed by atoms with E-state index in [1.54, 1.807) is 0 Å². The van der Waals surface area contributed by atoms with Gasteiger partial charge in [0.25, 0.3) is 0 Å². The maximum Gasteiger partial charge on any atom is 0.224 e. The van der Waals surface area contributed by atoms with Gasteiger partial charge in [-0.25, -0.2) is 9.97 Å². The summed E-state index contributed by atoms with van der Waals surface area (Å²) in [6.45, 7) is 2.20. The number of hydrogen-bond donors (Lipinski definition) is 1. The molecule has 1 N–H and O–H groups in total. The standard InChI is InChI=1S/C13H14ClN3/c1-8(9-6-7-9)15-12-10-4-2-3-5-11(10)16-13(14)17-12/h2-5,8-9H,6-7H2,1H3,(H,15,16,17). The number of rotatable bonds is 3. The second-order valence-corrected chi connectivity index (χ2v) is 4.97. The number of anilines is 1. The fourth-order valence-electron chi connectivity index (χ4n) is 2.09. The Hall–Kier alpha value is -1.35. The molecule has 17 heavy (non-hydrogen) atoms. The summed E-state index contributed by atoms with van der Waals surface area (Å²) in [6, 6.07) is 8.37. The van der Waals surface area contributed by atoms with Crippen LogP contribution in [0.2, 0.25) is 5.28 Å². The first-order valence-corrected chi connectivity index (χ1v) is 6.30. The number of aromatic nitrogens is 2. The Kier molecular flexibility index (Phi) is 2.63. The van der Waals surface area contributed by atoms with Crippen LogP contribution in [0, 0.1) is 5.92 Å². The average molecular weight is 248 g/mol. The lowest BCUT2D eigenvalue weighted by Crippen LogP contribution is -2.18. The molecule has 2 aromatic rings. The summed E-state index contributed by atoms with van der Waals surface area (Å²) >= 11 is 5.94. The lowest BCUT2D eigenvalue weighted by Gasteiger charge is -2.15. The van der Waals surface area contributed by atoms with Crippen molar-refractivity contribution in [1.29, 1.82) is 0 Å². The van der Waals surface area contributed by atoms with E-state index in [0.29, 0.717) is 11.3 Å². The molecule has 1 aromatic carbocycles. The van der Waals surface area contributed by atoms with Crippen LogP contribution in [0.3, 0.4) is 0 Å².